The van der Waals surface area contributed by atoms with E-state index in [4.69, 9.17) is 5.11 Å². The second kappa shape index (κ2) is 12.4. The van der Waals surface area contributed by atoms with Crippen LogP contribution in [-0.2, 0) is 25.9 Å². The van der Waals surface area contributed by atoms with E-state index in [9.17, 15) is 4.79 Å². The third-order valence-corrected chi connectivity index (χ3v) is 4.66. The number of aliphatic hydroxyl groups excluding tert-OH is 1. The van der Waals surface area contributed by atoms with Crippen LogP contribution in [0.5, 0.6) is 0 Å². The van der Waals surface area contributed by atoms with Gasteiger partial charge in [0.1, 0.15) is 0 Å². The number of hydrogen-bond donors (Lipinski definition) is 1. The van der Waals surface area contributed by atoms with Crippen molar-refractivity contribution in [1.29, 1.82) is 0 Å². The van der Waals surface area contributed by atoms with E-state index < -0.39 is 0 Å². The number of aliphatic hydroxyl groups is 1. The van der Waals surface area contributed by atoms with Gasteiger partial charge >= 0.3 is 0 Å². The molecule has 0 unspecified atom stereocenters. The second-order valence-corrected chi connectivity index (χ2v) is 7.57. The Morgan fingerprint density at radius 2 is 1.76 bits per heavy atom. The van der Waals surface area contributed by atoms with Crippen LogP contribution in [0.2, 0.25) is 0 Å². The molecule has 0 saturated carbocycles. The largest absolute Gasteiger partial charge is 0.512 e. The third-order valence-electron chi connectivity index (χ3n) is 3.66. The summed E-state index contributed by atoms with van der Waals surface area (Å²) in [5.41, 5.74) is 4.50. The minimum absolute atomic E-state index is 0. The Labute approximate surface area is 191 Å². The number of rotatable bonds is 4. The maximum Gasteiger partial charge on any atom is 0.155 e. The number of benzene rings is 2. The van der Waals surface area contributed by atoms with E-state index in [1.54, 1.807) is 11.8 Å². The van der Waals surface area contributed by atoms with Crippen molar-refractivity contribution in [2.75, 3.05) is 0 Å². The molecule has 1 heterocycles. The van der Waals surface area contributed by atoms with Gasteiger partial charge in [-0.15, -0.1) is 34.9 Å². The number of allylic oxidation sites excluding steroid dienone is 2. The van der Waals surface area contributed by atoms with Crippen LogP contribution in [0.25, 0.3) is 11.3 Å². The van der Waals surface area contributed by atoms with Gasteiger partial charge in [0.05, 0.1) is 5.76 Å². The quantitative estimate of drug-likeness (QED) is 0.220. The van der Waals surface area contributed by atoms with Crippen molar-refractivity contribution >= 4 is 17.5 Å². The van der Waals surface area contributed by atoms with Gasteiger partial charge in [0.25, 0.3) is 0 Å². The number of pyridine rings is 1. The first-order chi connectivity index (χ1) is 13.3. The van der Waals surface area contributed by atoms with Gasteiger partial charge < -0.3 is 10.1 Å². The first kappa shape index (κ1) is 24.9. The zero-order valence-corrected chi connectivity index (χ0v) is 20.0. The fraction of sp³-hybridized carbons (Fsp3) is 0.167. The molecule has 0 amide bonds. The fourth-order valence-corrected chi connectivity index (χ4v) is 3.43. The molecule has 3 rings (SSSR count). The zero-order valence-electron chi connectivity index (χ0n) is 16.9. The maximum absolute atomic E-state index is 10.0. The van der Waals surface area contributed by atoms with Gasteiger partial charge in [-0.1, -0.05) is 49.9 Å². The van der Waals surface area contributed by atoms with Gasteiger partial charge in [0.15, 0.2) is 5.78 Å². The Kier molecular flexibility index (Phi) is 10.6. The molecule has 0 fully saturated rings. The molecule has 0 aliphatic rings. The van der Waals surface area contributed by atoms with Crippen LogP contribution in [0, 0.1) is 19.9 Å². The van der Waals surface area contributed by atoms with Crippen LogP contribution in [-0.4, -0.2) is 15.9 Å². The van der Waals surface area contributed by atoms with E-state index in [2.05, 4.69) is 61.3 Å². The Balaban J connectivity index is 0.000000456. The van der Waals surface area contributed by atoms with Crippen molar-refractivity contribution < 1.29 is 31.0 Å². The summed E-state index contributed by atoms with van der Waals surface area (Å²) in [5.74, 6) is -0.0625. The summed E-state index contributed by atoms with van der Waals surface area (Å²) in [7, 11) is 0. The van der Waals surface area contributed by atoms with E-state index in [1.807, 2.05) is 24.4 Å². The molecule has 2 aromatic carbocycles. The van der Waals surface area contributed by atoms with Gasteiger partial charge in [-0.25, -0.2) is 0 Å². The topological polar surface area (TPSA) is 50.2 Å². The van der Waals surface area contributed by atoms with Crippen molar-refractivity contribution in [3.63, 3.8) is 0 Å². The summed E-state index contributed by atoms with van der Waals surface area (Å²) in [6.45, 7) is 7.04. The number of carbonyl (C=O) groups excluding carboxylic acids is 1. The summed E-state index contributed by atoms with van der Waals surface area (Å²) in [4.78, 5) is 16.9. The van der Waals surface area contributed by atoms with Gasteiger partial charge in [-0.3, -0.25) is 4.79 Å². The number of ketones is 1. The van der Waals surface area contributed by atoms with Gasteiger partial charge in [-0.2, -0.15) is 0 Å². The summed E-state index contributed by atoms with van der Waals surface area (Å²) in [5, 5.41) is 8.36. The van der Waals surface area contributed by atoms with Crippen LogP contribution in [0.3, 0.4) is 0 Å². The van der Waals surface area contributed by atoms with Crippen LogP contribution in [0.4, 0.5) is 0 Å². The van der Waals surface area contributed by atoms with Crippen molar-refractivity contribution in [2.24, 2.45) is 0 Å². The number of nitrogens with zero attached hydrogens (tertiary/aromatic N) is 1. The van der Waals surface area contributed by atoms with Crippen LogP contribution < -0.4 is 0 Å². The molecule has 1 aromatic heterocycles. The molecule has 0 saturated heterocycles. The summed E-state index contributed by atoms with van der Waals surface area (Å²) >= 11 is 1.75. The van der Waals surface area contributed by atoms with E-state index in [1.165, 1.54) is 40.8 Å². The van der Waals surface area contributed by atoms with E-state index >= 15 is 0 Å². The average Bonchev–Trinajstić information content (AvgIpc) is 2.62. The molecule has 3 nitrogen and oxygen atoms in total. The van der Waals surface area contributed by atoms with Crippen LogP contribution in [0.15, 0.2) is 82.4 Å². The molecule has 5 heteroatoms. The molecule has 0 aliphatic heterocycles. The molecule has 3 aromatic rings. The molecular formula is C24H24NO2PtS-. The normalized spacial score (nSPS) is 10.4. The Bertz CT molecular complexity index is 968. The Hall–Kier alpha value is -2.16. The SMILES string of the molecule is CC(=O)/C=C(/C)O.Cc1c[c-]c(-c2cc(Sc3ccccc3)ccn2)c(C)c1.[Pt]. The minimum Gasteiger partial charge on any atom is -0.512 e. The molecule has 0 radical (unpaired) electrons. The van der Waals surface area contributed by atoms with Gasteiger partial charge in [0, 0.05) is 43.1 Å². The monoisotopic (exact) mass is 585 g/mol. The number of hydrogen-bond acceptors (Lipinski definition) is 4. The summed E-state index contributed by atoms with van der Waals surface area (Å²) < 4.78 is 0. The van der Waals surface area contributed by atoms with E-state index in [0.29, 0.717) is 0 Å². The summed E-state index contributed by atoms with van der Waals surface area (Å²) in [6.07, 6.45) is 3.04. The molecule has 1 N–H and O–H groups in total. The third kappa shape index (κ3) is 8.80. The average molecular weight is 586 g/mol. The molecule has 29 heavy (non-hydrogen) atoms. The fourth-order valence-electron chi connectivity index (χ4n) is 2.56. The molecule has 0 spiro atoms. The van der Waals surface area contributed by atoms with Gasteiger partial charge in [0.2, 0.25) is 0 Å². The van der Waals surface area contributed by atoms with Gasteiger partial charge in [-0.05, 0) is 37.7 Å². The van der Waals surface area contributed by atoms with E-state index in [0.717, 1.165) is 11.3 Å². The molecule has 0 aliphatic carbocycles. The maximum atomic E-state index is 10.0. The first-order valence-corrected chi connectivity index (χ1v) is 9.73. The predicted molar refractivity (Wildman–Crippen MR) is 116 cm³/mol. The van der Waals surface area contributed by atoms with Crippen molar-refractivity contribution in [1.82, 2.24) is 4.98 Å². The first-order valence-electron chi connectivity index (χ1n) is 8.91. The zero-order chi connectivity index (χ0) is 20.5. The Morgan fingerprint density at radius 3 is 2.31 bits per heavy atom. The summed E-state index contributed by atoms with van der Waals surface area (Å²) in [6, 6.07) is 22.1. The molecule has 0 bridgehead atoms. The number of carbonyl (C=O) groups is 1. The number of aromatic nitrogens is 1. The van der Waals surface area contributed by atoms with Crippen molar-refractivity contribution in [2.45, 2.75) is 37.5 Å². The van der Waals surface area contributed by atoms with Crippen molar-refractivity contribution in [3.8, 4) is 11.3 Å². The van der Waals surface area contributed by atoms with E-state index in [-0.39, 0.29) is 32.6 Å². The predicted octanol–water partition coefficient (Wildman–Crippen LogP) is 6.35. The Morgan fingerprint density at radius 1 is 1.07 bits per heavy atom. The van der Waals surface area contributed by atoms with Crippen LogP contribution >= 0.6 is 11.8 Å². The molecular weight excluding hydrogens is 561 g/mol. The minimum atomic E-state index is -0.125. The van der Waals surface area contributed by atoms with Crippen molar-refractivity contribution in [3.05, 3.63) is 89.8 Å². The molecule has 0 atom stereocenters. The molecule has 154 valence electrons. The second-order valence-electron chi connectivity index (χ2n) is 6.42. The smallest absolute Gasteiger partial charge is 0.155 e. The number of aryl methyl sites for hydroxylation is 2. The standard InChI is InChI=1S/C19H16NS.C5H8O2.Pt/c1-14-8-9-18(15(2)12-14)19-13-17(10-11-20-19)21-16-6-4-3-5-7-16;1-4(6)3-5(2)7;/h3-8,10-13H,1-2H3;3,6H,1-2H3;/q-1;;/b;4-3-;. The van der Waals surface area contributed by atoms with Crippen LogP contribution in [0.1, 0.15) is 25.0 Å².